The number of non-ortho nitro benzene ring substituents is 1. The molecule has 2 N–H and O–H groups in total. The van der Waals surface area contributed by atoms with E-state index in [1.165, 1.54) is 23.8 Å². The molecule has 1 saturated heterocycles. The van der Waals surface area contributed by atoms with E-state index in [1.54, 1.807) is 17.0 Å². The lowest BCUT2D eigenvalue weighted by Crippen LogP contribution is -2.56. The molecule has 1 atom stereocenters. The number of nitro groups is 1. The van der Waals surface area contributed by atoms with Gasteiger partial charge in [0.15, 0.2) is 0 Å². The Morgan fingerprint density at radius 3 is 2.39 bits per heavy atom. The molecule has 4 heterocycles. The second-order valence-electron chi connectivity index (χ2n) is 10.7. The van der Waals surface area contributed by atoms with E-state index in [0.717, 1.165) is 55.7 Å². The Morgan fingerprint density at radius 2 is 1.71 bits per heavy atom. The lowest BCUT2D eigenvalue weighted by Gasteiger charge is -2.37. The van der Waals surface area contributed by atoms with Crippen LogP contribution in [0.15, 0.2) is 45.6 Å². The van der Waals surface area contributed by atoms with Gasteiger partial charge >= 0.3 is 5.63 Å². The van der Waals surface area contributed by atoms with Gasteiger partial charge in [0.2, 0.25) is 5.91 Å². The molecule has 1 unspecified atom stereocenters. The molecule has 0 radical (unpaired) electrons. The Bertz CT molecular complexity index is 1580. The van der Waals surface area contributed by atoms with Crippen molar-refractivity contribution < 1.29 is 24.0 Å². The molecule has 3 aliphatic rings. The van der Waals surface area contributed by atoms with Crippen LogP contribution in [0.2, 0.25) is 0 Å². The first-order chi connectivity index (χ1) is 19.8. The summed E-state index contributed by atoms with van der Waals surface area (Å²) in [5, 5.41) is 24.1. The molecule has 1 aromatic heterocycles. The van der Waals surface area contributed by atoms with Crippen molar-refractivity contribution in [3.8, 4) is 0 Å². The summed E-state index contributed by atoms with van der Waals surface area (Å²) >= 11 is 0. The van der Waals surface area contributed by atoms with Crippen molar-refractivity contribution in [1.29, 1.82) is 0 Å². The minimum absolute atomic E-state index is 0.00477. The monoisotopic (exact) mass is 561 g/mol. The van der Waals surface area contributed by atoms with Crippen molar-refractivity contribution in [2.45, 2.75) is 31.7 Å². The summed E-state index contributed by atoms with van der Waals surface area (Å²) in [5.74, 6) is -1.22. The number of hydrogen-bond donors (Lipinski definition) is 2. The quantitative estimate of drug-likeness (QED) is 0.261. The van der Waals surface area contributed by atoms with Gasteiger partial charge < -0.3 is 29.5 Å². The number of piperazine rings is 1. The first-order valence-electron chi connectivity index (χ1n) is 13.9. The molecule has 0 spiro atoms. The highest BCUT2D eigenvalue weighted by Crippen LogP contribution is 2.39. The van der Waals surface area contributed by atoms with Crippen LogP contribution in [0, 0.1) is 10.1 Å². The lowest BCUT2D eigenvalue weighted by atomic mass is 9.90. The second-order valence-corrected chi connectivity index (χ2v) is 10.7. The highest BCUT2D eigenvalue weighted by atomic mass is 16.6. The van der Waals surface area contributed by atoms with E-state index in [2.05, 4.69) is 10.2 Å². The Morgan fingerprint density at radius 1 is 1.00 bits per heavy atom. The van der Waals surface area contributed by atoms with E-state index in [0.29, 0.717) is 37.1 Å². The zero-order valence-corrected chi connectivity index (χ0v) is 22.5. The number of carbonyl (C=O) groups is 2. The van der Waals surface area contributed by atoms with Crippen molar-refractivity contribution in [2.24, 2.45) is 0 Å². The zero-order valence-electron chi connectivity index (χ0n) is 22.5. The van der Waals surface area contributed by atoms with Crippen LogP contribution in [-0.4, -0.2) is 78.7 Å². The van der Waals surface area contributed by atoms with E-state index in [-0.39, 0.29) is 11.3 Å². The molecule has 0 saturated carbocycles. The number of carbonyl (C=O) groups excluding carboxylic acids is 2. The van der Waals surface area contributed by atoms with Gasteiger partial charge in [0, 0.05) is 73.7 Å². The number of anilines is 2. The summed E-state index contributed by atoms with van der Waals surface area (Å²) in [5.41, 5.74) is 3.71. The van der Waals surface area contributed by atoms with Gasteiger partial charge in [-0.05, 0) is 55.5 Å². The van der Waals surface area contributed by atoms with Crippen LogP contribution >= 0.6 is 0 Å². The maximum atomic E-state index is 13.2. The van der Waals surface area contributed by atoms with Crippen LogP contribution in [0.4, 0.5) is 17.1 Å². The Hall–Kier alpha value is -4.45. The van der Waals surface area contributed by atoms with Gasteiger partial charge in [0.1, 0.15) is 17.2 Å². The number of aliphatic hydroxyl groups is 1. The fraction of sp³-hybridized carbons (Fsp3) is 0.414. The average Bonchev–Trinajstić information content (AvgIpc) is 3.00. The van der Waals surface area contributed by atoms with Crippen molar-refractivity contribution in [1.82, 2.24) is 10.2 Å². The Labute approximate surface area is 235 Å². The summed E-state index contributed by atoms with van der Waals surface area (Å²) in [6.45, 7) is 2.98. The maximum absolute atomic E-state index is 13.2. The fourth-order valence-electron chi connectivity index (χ4n) is 6.22. The van der Waals surface area contributed by atoms with Gasteiger partial charge in [0.05, 0.1) is 11.5 Å². The van der Waals surface area contributed by atoms with E-state index >= 15 is 0 Å². The topological polar surface area (TPSA) is 149 Å². The van der Waals surface area contributed by atoms with Gasteiger partial charge in [-0.25, -0.2) is 4.79 Å². The number of hydrogen-bond acceptors (Lipinski definition) is 9. The number of aliphatic hydroxyl groups excluding tert-OH is 1. The number of nitrogens with one attached hydrogen (secondary N) is 1. The standard InChI is InChI=1S/C29H31N5O7/c35-17-24(28(37)33-13-11-31(12-14-33)20-5-7-21(8-6-20)34(39)40)30-27(36)23-16-19-15-18-3-1-9-32-10-2-4-22(25(18)32)26(19)41-29(23)38/h5-8,15-16,24,35H,1-4,9-14,17H2,(H,30,36). The SMILES string of the molecule is O=C(NC(CO)C(=O)N1CCN(c2ccc([N+](=O)[O-])cc2)CC1)c1cc2cc3c4c(c2oc1=O)CCCN4CCC3. The number of aryl methyl sites for hydroxylation is 2. The predicted molar refractivity (Wildman–Crippen MR) is 152 cm³/mol. The predicted octanol–water partition coefficient (Wildman–Crippen LogP) is 1.84. The van der Waals surface area contributed by atoms with Gasteiger partial charge in [-0.15, -0.1) is 0 Å². The molecule has 41 heavy (non-hydrogen) atoms. The molecule has 1 fully saturated rings. The molecule has 2 amide bonds. The normalized spacial score (nSPS) is 17.2. The highest BCUT2D eigenvalue weighted by Gasteiger charge is 2.31. The molecule has 2 aromatic carbocycles. The molecular weight excluding hydrogens is 530 g/mol. The van der Waals surface area contributed by atoms with Crippen LogP contribution in [-0.2, 0) is 17.6 Å². The molecule has 214 valence electrons. The van der Waals surface area contributed by atoms with Crippen LogP contribution in [0.25, 0.3) is 11.0 Å². The number of rotatable bonds is 6. The van der Waals surface area contributed by atoms with E-state index in [1.807, 2.05) is 11.0 Å². The van der Waals surface area contributed by atoms with Crippen LogP contribution < -0.4 is 20.7 Å². The number of nitro benzene ring substituents is 1. The molecule has 3 aromatic rings. The number of fused-ring (bicyclic) bond motifs is 2. The summed E-state index contributed by atoms with van der Waals surface area (Å²) in [6, 6.07) is 8.51. The van der Waals surface area contributed by atoms with Crippen molar-refractivity contribution >= 4 is 39.8 Å². The fourth-order valence-corrected chi connectivity index (χ4v) is 6.22. The van der Waals surface area contributed by atoms with E-state index < -0.39 is 35.0 Å². The van der Waals surface area contributed by atoms with Crippen LogP contribution in [0.1, 0.15) is 34.3 Å². The van der Waals surface area contributed by atoms with Gasteiger partial charge in [-0.1, -0.05) is 0 Å². The third kappa shape index (κ3) is 4.99. The van der Waals surface area contributed by atoms with Crippen molar-refractivity contribution in [2.75, 3.05) is 55.7 Å². The van der Waals surface area contributed by atoms with Gasteiger partial charge in [-0.2, -0.15) is 0 Å². The number of benzene rings is 2. The van der Waals surface area contributed by atoms with Crippen LogP contribution in [0.3, 0.4) is 0 Å². The smallest absolute Gasteiger partial charge is 0.349 e. The van der Waals surface area contributed by atoms with Gasteiger partial charge in [0.25, 0.3) is 11.6 Å². The molecule has 12 nitrogen and oxygen atoms in total. The molecule has 6 rings (SSSR count). The summed E-state index contributed by atoms with van der Waals surface area (Å²) in [6.07, 6.45) is 3.75. The molecule has 3 aliphatic heterocycles. The largest absolute Gasteiger partial charge is 0.422 e. The Balaban J connectivity index is 1.15. The average molecular weight is 562 g/mol. The highest BCUT2D eigenvalue weighted by molar-refractivity contribution is 6.00. The van der Waals surface area contributed by atoms with Crippen LogP contribution in [0.5, 0.6) is 0 Å². The van der Waals surface area contributed by atoms with Gasteiger partial charge in [-0.3, -0.25) is 19.7 Å². The first-order valence-corrected chi connectivity index (χ1v) is 13.9. The third-order valence-electron chi connectivity index (χ3n) is 8.26. The summed E-state index contributed by atoms with van der Waals surface area (Å²) in [7, 11) is 0. The molecule has 0 aliphatic carbocycles. The second kappa shape index (κ2) is 10.8. The lowest BCUT2D eigenvalue weighted by molar-refractivity contribution is -0.384. The van der Waals surface area contributed by atoms with E-state index in [9.17, 15) is 29.6 Å². The third-order valence-corrected chi connectivity index (χ3v) is 8.26. The Kier molecular flexibility index (Phi) is 7.08. The molecule has 12 heteroatoms. The summed E-state index contributed by atoms with van der Waals surface area (Å²) in [4.78, 5) is 55.6. The van der Waals surface area contributed by atoms with Crippen molar-refractivity contribution in [3.05, 3.63) is 73.6 Å². The molecular formula is C29H31N5O7. The minimum Gasteiger partial charge on any atom is -0.422 e. The first kappa shape index (κ1) is 26.8. The van der Waals surface area contributed by atoms with E-state index in [4.69, 9.17) is 4.42 Å². The number of amides is 2. The summed E-state index contributed by atoms with van der Waals surface area (Å²) < 4.78 is 5.71. The van der Waals surface area contributed by atoms with Crippen molar-refractivity contribution in [3.63, 3.8) is 0 Å². The minimum atomic E-state index is -1.22. The number of nitrogens with zero attached hydrogens (tertiary/aromatic N) is 4. The zero-order chi connectivity index (χ0) is 28.7. The maximum Gasteiger partial charge on any atom is 0.349 e. The molecule has 0 bridgehead atoms.